The molecular formula is C19H31ClN2O4. The highest BCUT2D eigenvalue weighted by Crippen LogP contribution is 2.50. The van der Waals surface area contributed by atoms with Gasteiger partial charge in [-0.15, -0.1) is 12.4 Å². The quantitative estimate of drug-likeness (QED) is 0.743. The molecule has 26 heavy (non-hydrogen) atoms. The SMILES string of the molecule is CCOC1CC(N)(C(=O)N(C)CCOc2ccc(OC)cc2)C1(C)C.Cl. The molecule has 0 bridgehead atoms. The van der Waals surface area contributed by atoms with Crippen molar-refractivity contribution >= 4 is 18.3 Å². The van der Waals surface area contributed by atoms with E-state index in [4.69, 9.17) is 19.9 Å². The van der Waals surface area contributed by atoms with E-state index in [1.807, 2.05) is 45.0 Å². The first-order chi connectivity index (χ1) is 11.8. The zero-order valence-electron chi connectivity index (χ0n) is 16.3. The third-order valence-corrected chi connectivity index (χ3v) is 5.31. The maximum atomic E-state index is 12.8. The van der Waals surface area contributed by atoms with Crippen LogP contribution in [-0.4, -0.2) is 56.4 Å². The molecule has 0 aromatic heterocycles. The van der Waals surface area contributed by atoms with Crippen LogP contribution in [0.3, 0.4) is 0 Å². The van der Waals surface area contributed by atoms with E-state index in [0.29, 0.717) is 26.2 Å². The van der Waals surface area contributed by atoms with E-state index in [-0.39, 0.29) is 29.8 Å². The van der Waals surface area contributed by atoms with Crippen LogP contribution in [0.15, 0.2) is 24.3 Å². The van der Waals surface area contributed by atoms with Crippen molar-refractivity contribution in [2.45, 2.75) is 38.8 Å². The molecule has 6 nitrogen and oxygen atoms in total. The topological polar surface area (TPSA) is 74.0 Å². The smallest absolute Gasteiger partial charge is 0.243 e. The van der Waals surface area contributed by atoms with Gasteiger partial charge in [-0.3, -0.25) is 4.79 Å². The predicted molar refractivity (Wildman–Crippen MR) is 104 cm³/mol. The molecule has 1 amide bonds. The molecule has 1 aromatic carbocycles. The summed E-state index contributed by atoms with van der Waals surface area (Å²) >= 11 is 0. The Morgan fingerprint density at radius 1 is 1.27 bits per heavy atom. The number of amides is 1. The molecule has 0 heterocycles. The van der Waals surface area contributed by atoms with Gasteiger partial charge in [-0.2, -0.15) is 0 Å². The molecule has 2 unspecified atom stereocenters. The highest BCUT2D eigenvalue weighted by molar-refractivity contribution is 5.88. The summed E-state index contributed by atoms with van der Waals surface area (Å²) in [5.41, 5.74) is 5.16. The Morgan fingerprint density at radius 2 is 1.85 bits per heavy atom. The highest BCUT2D eigenvalue weighted by atomic mass is 35.5. The first kappa shape index (κ1) is 22.5. The molecule has 1 aliphatic carbocycles. The van der Waals surface area contributed by atoms with Gasteiger partial charge in [0.05, 0.1) is 19.8 Å². The van der Waals surface area contributed by atoms with Gasteiger partial charge in [-0.05, 0) is 31.2 Å². The Hall–Kier alpha value is -1.50. The summed E-state index contributed by atoms with van der Waals surface area (Å²) in [7, 11) is 3.38. The lowest BCUT2D eigenvalue weighted by molar-refractivity contribution is -0.178. The number of hydrogen-bond donors (Lipinski definition) is 1. The number of ether oxygens (including phenoxy) is 3. The fourth-order valence-corrected chi connectivity index (χ4v) is 3.21. The number of likely N-dealkylation sites (N-methyl/N-ethyl adjacent to an activating group) is 1. The lowest BCUT2D eigenvalue weighted by Crippen LogP contribution is -2.75. The Kier molecular flexibility index (Phi) is 7.74. The molecule has 7 heteroatoms. The van der Waals surface area contributed by atoms with Crippen LogP contribution in [0.1, 0.15) is 27.2 Å². The average molecular weight is 387 g/mol. The lowest BCUT2D eigenvalue weighted by atomic mass is 9.54. The summed E-state index contributed by atoms with van der Waals surface area (Å²) < 4.78 is 16.5. The second kappa shape index (κ2) is 8.93. The molecule has 0 saturated heterocycles. The van der Waals surface area contributed by atoms with Gasteiger partial charge in [0.1, 0.15) is 23.6 Å². The lowest BCUT2D eigenvalue weighted by Gasteiger charge is -2.58. The third kappa shape index (κ3) is 4.24. The molecular weight excluding hydrogens is 356 g/mol. The Labute approximate surface area is 162 Å². The summed E-state index contributed by atoms with van der Waals surface area (Å²) in [5.74, 6) is 1.46. The summed E-state index contributed by atoms with van der Waals surface area (Å²) in [6.07, 6.45) is 0.575. The zero-order chi connectivity index (χ0) is 18.7. The van der Waals surface area contributed by atoms with E-state index < -0.39 is 5.54 Å². The van der Waals surface area contributed by atoms with Crippen molar-refractivity contribution in [3.63, 3.8) is 0 Å². The molecule has 148 valence electrons. The van der Waals surface area contributed by atoms with Crippen molar-refractivity contribution in [2.75, 3.05) is 33.9 Å². The Bertz CT molecular complexity index is 594. The second-order valence-electron chi connectivity index (χ2n) is 7.09. The van der Waals surface area contributed by atoms with Gasteiger partial charge < -0.3 is 24.8 Å². The first-order valence-corrected chi connectivity index (χ1v) is 8.69. The van der Waals surface area contributed by atoms with Crippen molar-refractivity contribution in [3.05, 3.63) is 24.3 Å². The van der Waals surface area contributed by atoms with Gasteiger partial charge in [0.2, 0.25) is 5.91 Å². The average Bonchev–Trinajstić information content (AvgIpc) is 2.61. The minimum absolute atomic E-state index is 0. The van der Waals surface area contributed by atoms with E-state index >= 15 is 0 Å². The molecule has 0 spiro atoms. The molecule has 2 N–H and O–H groups in total. The van der Waals surface area contributed by atoms with Crippen molar-refractivity contribution < 1.29 is 19.0 Å². The minimum Gasteiger partial charge on any atom is -0.497 e. The molecule has 1 saturated carbocycles. The second-order valence-corrected chi connectivity index (χ2v) is 7.09. The van der Waals surface area contributed by atoms with Gasteiger partial charge in [0.15, 0.2) is 0 Å². The van der Waals surface area contributed by atoms with E-state index in [9.17, 15) is 4.79 Å². The van der Waals surface area contributed by atoms with Gasteiger partial charge in [-0.25, -0.2) is 0 Å². The van der Waals surface area contributed by atoms with Gasteiger partial charge in [0.25, 0.3) is 0 Å². The van der Waals surface area contributed by atoms with E-state index in [0.717, 1.165) is 11.5 Å². The number of methoxy groups -OCH3 is 1. The molecule has 1 fully saturated rings. The van der Waals surface area contributed by atoms with E-state index in [1.54, 1.807) is 19.1 Å². The maximum absolute atomic E-state index is 12.8. The van der Waals surface area contributed by atoms with Crippen molar-refractivity contribution in [1.82, 2.24) is 4.90 Å². The number of nitrogens with two attached hydrogens (primary N) is 1. The first-order valence-electron chi connectivity index (χ1n) is 8.69. The van der Waals surface area contributed by atoms with Crippen LogP contribution in [0.2, 0.25) is 0 Å². The van der Waals surface area contributed by atoms with Gasteiger partial charge >= 0.3 is 0 Å². The van der Waals surface area contributed by atoms with Crippen LogP contribution in [0.5, 0.6) is 11.5 Å². The van der Waals surface area contributed by atoms with Crippen LogP contribution in [0.25, 0.3) is 0 Å². The molecule has 2 rings (SSSR count). The number of carbonyl (C=O) groups is 1. The van der Waals surface area contributed by atoms with Crippen LogP contribution in [0, 0.1) is 5.41 Å². The monoisotopic (exact) mass is 386 g/mol. The normalized spacial score (nSPS) is 23.4. The Morgan fingerprint density at radius 3 is 2.35 bits per heavy atom. The van der Waals surface area contributed by atoms with Crippen LogP contribution in [0.4, 0.5) is 0 Å². The number of benzene rings is 1. The van der Waals surface area contributed by atoms with Crippen molar-refractivity contribution in [1.29, 1.82) is 0 Å². The number of hydrogen-bond acceptors (Lipinski definition) is 5. The fourth-order valence-electron chi connectivity index (χ4n) is 3.21. The number of carbonyl (C=O) groups excluding carboxylic acids is 1. The number of nitrogens with zero attached hydrogens (tertiary/aromatic N) is 1. The number of halogens is 1. The van der Waals surface area contributed by atoms with E-state index in [2.05, 4.69) is 0 Å². The van der Waals surface area contributed by atoms with Crippen LogP contribution >= 0.6 is 12.4 Å². The summed E-state index contributed by atoms with van der Waals surface area (Å²) in [4.78, 5) is 14.5. The summed E-state index contributed by atoms with van der Waals surface area (Å²) in [6, 6.07) is 7.35. The standard InChI is InChI=1S/C19H30N2O4.ClH/c1-6-24-16-13-19(20,18(16,2)3)17(22)21(4)11-12-25-15-9-7-14(23-5)8-10-15;/h7-10,16H,6,11-13,20H2,1-5H3;1H. The molecule has 0 radical (unpaired) electrons. The molecule has 2 atom stereocenters. The van der Waals surface area contributed by atoms with Crippen molar-refractivity contribution in [3.8, 4) is 11.5 Å². The summed E-state index contributed by atoms with van der Waals surface area (Å²) in [5, 5.41) is 0. The maximum Gasteiger partial charge on any atom is 0.243 e. The fraction of sp³-hybridized carbons (Fsp3) is 0.632. The van der Waals surface area contributed by atoms with E-state index in [1.165, 1.54) is 0 Å². The molecule has 1 aliphatic rings. The number of rotatable bonds is 8. The minimum atomic E-state index is -0.887. The third-order valence-electron chi connectivity index (χ3n) is 5.31. The van der Waals surface area contributed by atoms with Gasteiger partial charge in [-0.1, -0.05) is 13.8 Å². The Balaban J connectivity index is 0.00000338. The molecule has 1 aromatic rings. The highest BCUT2D eigenvalue weighted by Gasteiger charge is 2.63. The summed E-state index contributed by atoms with van der Waals surface area (Å²) in [6.45, 7) is 7.45. The molecule has 0 aliphatic heterocycles. The largest absolute Gasteiger partial charge is 0.497 e. The van der Waals surface area contributed by atoms with Gasteiger partial charge in [0, 0.05) is 25.5 Å². The zero-order valence-corrected chi connectivity index (χ0v) is 17.1. The predicted octanol–water partition coefficient (Wildman–Crippen LogP) is 2.49. The van der Waals surface area contributed by atoms with Crippen LogP contribution < -0.4 is 15.2 Å². The van der Waals surface area contributed by atoms with Crippen LogP contribution in [-0.2, 0) is 9.53 Å². The van der Waals surface area contributed by atoms with Crippen molar-refractivity contribution in [2.24, 2.45) is 11.1 Å².